The highest BCUT2D eigenvalue weighted by Gasteiger charge is 2.26. The molecule has 1 aromatic rings. The molecule has 1 aromatic heterocycles. The second-order valence-corrected chi connectivity index (χ2v) is 5.08. The molecule has 0 saturated carbocycles. The van der Waals surface area contributed by atoms with Crippen molar-refractivity contribution in [3.8, 4) is 6.07 Å². The number of nitriles is 1. The SMILES string of the molecule is CCC(C#N)S(=O)(=O)NC(C)c1nn[nH]n1. The summed E-state index contributed by atoms with van der Waals surface area (Å²) in [7, 11) is -3.68. The van der Waals surface area contributed by atoms with Crippen LogP contribution in [0, 0.1) is 11.3 Å². The Bertz CT molecular complexity index is 462. The van der Waals surface area contributed by atoms with Crippen LogP contribution in [-0.2, 0) is 10.0 Å². The van der Waals surface area contributed by atoms with Crippen LogP contribution < -0.4 is 4.72 Å². The number of hydrogen-bond donors (Lipinski definition) is 2. The molecule has 0 aliphatic carbocycles. The Labute approximate surface area is 93.1 Å². The number of rotatable bonds is 5. The molecule has 2 unspecified atom stereocenters. The molecule has 9 heteroatoms. The summed E-state index contributed by atoms with van der Waals surface area (Å²) in [5.41, 5.74) is 0. The van der Waals surface area contributed by atoms with Crippen LogP contribution in [0.2, 0.25) is 0 Å². The van der Waals surface area contributed by atoms with Gasteiger partial charge in [-0.05, 0) is 13.3 Å². The molecular weight excluding hydrogens is 232 g/mol. The minimum atomic E-state index is -3.68. The van der Waals surface area contributed by atoms with Gasteiger partial charge in [-0.3, -0.25) is 0 Å². The highest BCUT2D eigenvalue weighted by Crippen LogP contribution is 2.10. The topological polar surface area (TPSA) is 124 Å². The zero-order chi connectivity index (χ0) is 12.2. The lowest BCUT2D eigenvalue weighted by molar-refractivity contribution is 0.551. The molecule has 1 rings (SSSR count). The van der Waals surface area contributed by atoms with Crippen LogP contribution in [0.15, 0.2) is 0 Å². The maximum Gasteiger partial charge on any atom is 0.228 e. The third kappa shape index (κ3) is 2.74. The maximum atomic E-state index is 11.7. The summed E-state index contributed by atoms with van der Waals surface area (Å²) in [6, 6.07) is 1.11. The van der Waals surface area contributed by atoms with E-state index in [0.717, 1.165) is 0 Å². The standard InChI is InChI=1S/C7H12N6O2S/c1-3-6(4-8)16(14,15)11-5(2)7-9-12-13-10-7/h5-6,11H,3H2,1-2H3,(H,9,10,12,13). The molecule has 0 fully saturated rings. The van der Waals surface area contributed by atoms with Gasteiger partial charge >= 0.3 is 0 Å². The summed E-state index contributed by atoms with van der Waals surface area (Å²) in [6.45, 7) is 3.21. The van der Waals surface area contributed by atoms with E-state index in [1.165, 1.54) is 0 Å². The van der Waals surface area contributed by atoms with Gasteiger partial charge in [0, 0.05) is 0 Å². The van der Waals surface area contributed by atoms with E-state index in [9.17, 15) is 8.42 Å². The van der Waals surface area contributed by atoms with Crippen LogP contribution in [-0.4, -0.2) is 34.3 Å². The van der Waals surface area contributed by atoms with Crippen molar-refractivity contribution >= 4 is 10.0 Å². The normalized spacial score (nSPS) is 15.3. The van der Waals surface area contributed by atoms with Gasteiger partial charge in [-0.2, -0.15) is 10.5 Å². The van der Waals surface area contributed by atoms with Gasteiger partial charge in [-0.25, -0.2) is 13.1 Å². The zero-order valence-corrected chi connectivity index (χ0v) is 9.69. The van der Waals surface area contributed by atoms with Crippen molar-refractivity contribution in [3.63, 3.8) is 0 Å². The first-order valence-electron chi connectivity index (χ1n) is 4.65. The molecule has 0 bridgehead atoms. The number of sulfonamides is 1. The smallest absolute Gasteiger partial charge is 0.211 e. The molecule has 88 valence electrons. The van der Waals surface area contributed by atoms with Crippen molar-refractivity contribution in [3.05, 3.63) is 5.82 Å². The lowest BCUT2D eigenvalue weighted by atomic mass is 10.3. The number of H-pyrrole nitrogens is 1. The number of tetrazole rings is 1. The van der Waals surface area contributed by atoms with E-state index >= 15 is 0 Å². The van der Waals surface area contributed by atoms with E-state index in [-0.39, 0.29) is 12.2 Å². The molecule has 0 aromatic carbocycles. The summed E-state index contributed by atoms with van der Waals surface area (Å²) in [4.78, 5) is 0. The van der Waals surface area contributed by atoms with Crippen molar-refractivity contribution in [2.24, 2.45) is 0 Å². The minimum Gasteiger partial charge on any atom is -0.211 e. The predicted molar refractivity (Wildman–Crippen MR) is 54.3 cm³/mol. The van der Waals surface area contributed by atoms with Gasteiger partial charge < -0.3 is 0 Å². The molecule has 0 aliphatic heterocycles. The number of aromatic amines is 1. The van der Waals surface area contributed by atoms with Gasteiger partial charge in [0.1, 0.15) is 0 Å². The van der Waals surface area contributed by atoms with E-state index in [4.69, 9.17) is 5.26 Å². The first-order valence-corrected chi connectivity index (χ1v) is 6.20. The van der Waals surface area contributed by atoms with Crippen molar-refractivity contribution in [1.82, 2.24) is 25.3 Å². The van der Waals surface area contributed by atoms with Crippen LogP contribution in [0.5, 0.6) is 0 Å². The zero-order valence-electron chi connectivity index (χ0n) is 8.88. The Kier molecular flexibility index (Phi) is 3.92. The Morgan fingerprint density at radius 2 is 2.31 bits per heavy atom. The largest absolute Gasteiger partial charge is 0.228 e. The molecular formula is C7H12N6O2S. The Balaban J connectivity index is 2.78. The predicted octanol–water partition coefficient (Wildman–Crippen LogP) is -0.518. The molecule has 8 nitrogen and oxygen atoms in total. The van der Waals surface area contributed by atoms with Gasteiger partial charge in [0.05, 0.1) is 12.1 Å². The molecule has 0 aliphatic rings. The van der Waals surface area contributed by atoms with E-state index in [1.54, 1.807) is 19.9 Å². The average molecular weight is 244 g/mol. The maximum absolute atomic E-state index is 11.7. The average Bonchev–Trinajstić information content (AvgIpc) is 2.70. The molecule has 2 N–H and O–H groups in total. The highest BCUT2D eigenvalue weighted by molar-refractivity contribution is 7.90. The van der Waals surface area contributed by atoms with Gasteiger partial charge in [0.2, 0.25) is 10.0 Å². The molecule has 16 heavy (non-hydrogen) atoms. The van der Waals surface area contributed by atoms with E-state index < -0.39 is 21.3 Å². The quantitative estimate of drug-likeness (QED) is 0.718. The summed E-state index contributed by atoms with van der Waals surface area (Å²) in [5, 5.41) is 20.5. The molecule has 0 radical (unpaired) electrons. The molecule has 0 saturated heterocycles. The van der Waals surface area contributed by atoms with Gasteiger partial charge in [-0.15, -0.1) is 10.2 Å². The third-order valence-corrected chi connectivity index (χ3v) is 3.85. The Hall–Kier alpha value is -1.53. The van der Waals surface area contributed by atoms with Crippen LogP contribution in [0.1, 0.15) is 32.1 Å². The van der Waals surface area contributed by atoms with Crippen molar-refractivity contribution in [1.29, 1.82) is 5.26 Å². The number of aromatic nitrogens is 4. The van der Waals surface area contributed by atoms with Gasteiger partial charge in [-0.1, -0.05) is 12.1 Å². The fourth-order valence-electron chi connectivity index (χ4n) is 1.11. The minimum absolute atomic E-state index is 0.227. The number of nitrogens with one attached hydrogen (secondary N) is 2. The van der Waals surface area contributed by atoms with E-state index in [1.807, 2.05) is 0 Å². The third-order valence-electron chi connectivity index (χ3n) is 1.98. The lowest BCUT2D eigenvalue weighted by Crippen LogP contribution is -2.35. The molecule has 0 spiro atoms. The Morgan fingerprint density at radius 1 is 1.62 bits per heavy atom. The van der Waals surface area contributed by atoms with Gasteiger partial charge in [0.15, 0.2) is 11.1 Å². The van der Waals surface area contributed by atoms with E-state index in [0.29, 0.717) is 0 Å². The second kappa shape index (κ2) is 5.00. The lowest BCUT2D eigenvalue weighted by Gasteiger charge is -2.13. The van der Waals surface area contributed by atoms with Crippen LogP contribution in [0.4, 0.5) is 0 Å². The Morgan fingerprint density at radius 3 is 2.75 bits per heavy atom. The fourth-order valence-corrected chi connectivity index (χ4v) is 2.45. The van der Waals surface area contributed by atoms with Crippen LogP contribution in [0.3, 0.4) is 0 Å². The van der Waals surface area contributed by atoms with Gasteiger partial charge in [0.25, 0.3) is 0 Å². The summed E-state index contributed by atoms with van der Waals surface area (Å²) >= 11 is 0. The van der Waals surface area contributed by atoms with Crippen LogP contribution >= 0.6 is 0 Å². The monoisotopic (exact) mass is 244 g/mol. The number of nitrogens with zero attached hydrogens (tertiary/aromatic N) is 4. The van der Waals surface area contributed by atoms with Crippen molar-refractivity contribution in [2.45, 2.75) is 31.6 Å². The molecule has 0 amide bonds. The summed E-state index contributed by atoms with van der Waals surface area (Å²) in [6.07, 6.45) is 0.227. The second-order valence-electron chi connectivity index (χ2n) is 3.18. The summed E-state index contributed by atoms with van der Waals surface area (Å²) < 4.78 is 25.7. The molecule has 1 heterocycles. The first-order chi connectivity index (χ1) is 7.51. The van der Waals surface area contributed by atoms with Crippen LogP contribution in [0.25, 0.3) is 0 Å². The van der Waals surface area contributed by atoms with Crippen molar-refractivity contribution in [2.75, 3.05) is 0 Å². The highest BCUT2D eigenvalue weighted by atomic mass is 32.2. The number of hydrogen-bond acceptors (Lipinski definition) is 6. The summed E-state index contributed by atoms with van der Waals surface area (Å²) in [5.74, 6) is 0.233. The fraction of sp³-hybridized carbons (Fsp3) is 0.714. The molecule has 2 atom stereocenters. The van der Waals surface area contributed by atoms with Crippen molar-refractivity contribution < 1.29 is 8.42 Å². The first kappa shape index (κ1) is 12.5. The van der Waals surface area contributed by atoms with E-state index in [2.05, 4.69) is 25.3 Å².